The van der Waals surface area contributed by atoms with Crippen molar-refractivity contribution < 1.29 is 9.21 Å². The lowest BCUT2D eigenvalue weighted by molar-refractivity contribution is -0.120. The van der Waals surface area contributed by atoms with Gasteiger partial charge in [0.1, 0.15) is 11.5 Å². The van der Waals surface area contributed by atoms with Gasteiger partial charge >= 0.3 is 0 Å². The van der Waals surface area contributed by atoms with Gasteiger partial charge in [0.2, 0.25) is 6.41 Å². The third kappa shape index (κ3) is 2.61. The third-order valence-electron chi connectivity index (χ3n) is 1.93. The van der Waals surface area contributed by atoms with Gasteiger partial charge in [-0.15, -0.1) is 0 Å². The molecule has 3 heteroatoms. The number of hydrogen-bond acceptors (Lipinski definition) is 2. The fourth-order valence-corrected chi connectivity index (χ4v) is 1.09. The van der Waals surface area contributed by atoms with Crippen molar-refractivity contribution in [3.05, 3.63) is 23.7 Å². The molecule has 13 heavy (non-hydrogen) atoms. The average molecular weight is 181 g/mol. The normalized spacial score (nSPS) is 10.5. The smallest absolute Gasteiger partial charge is 0.210 e. The maximum absolute atomic E-state index is 10.6. The molecule has 1 rings (SSSR count). The first kappa shape index (κ1) is 9.84. The number of hydrogen-bond donors (Lipinski definition) is 0. The highest BCUT2D eigenvalue weighted by Crippen LogP contribution is 2.10. The van der Waals surface area contributed by atoms with Gasteiger partial charge in [-0.05, 0) is 32.9 Å². The molecular formula is C10H15NO2. The van der Waals surface area contributed by atoms with E-state index in [1.54, 1.807) is 4.90 Å². The van der Waals surface area contributed by atoms with Crippen molar-refractivity contribution in [2.45, 2.75) is 33.4 Å². The van der Waals surface area contributed by atoms with Crippen LogP contribution in [0.1, 0.15) is 25.4 Å². The van der Waals surface area contributed by atoms with E-state index in [2.05, 4.69) is 0 Å². The molecule has 0 saturated heterocycles. The molecule has 0 N–H and O–H groups in total. The van der Waals surface area contributed by atoms with E-state index in [1.165, 1.54) is 0 Å². The van der Waals surface area contributed by atoms with Gasteiger partial charge in [0.05, 0.1) is 6.54 Å². The summed E-state index contributed by atoms with van der Waals surface area (Å²) in [4.78, 5) is 12.3. The predicted molar refractivity (Wildman–Crippen MR) is 50.2 cm³/mol. The molecule has 0 unspecified atom stereocenters. The molecule has 72 valence electrons. The minimum Gasteiger partial charge on any atom is -0.464 e. The zero-order valence-electron chi connectivity index (χ0n) is 8.28. The maximum atomic E-state index is 10.6. The zero-order valence-corrected chi connectivity index (χ0v) is 8.28. The van der Waals surface area contributed by atoms with Crippen molar-refractivity contribution in [1.29, 1.82) is 0 Å². The number of aryl methyl sites for hydroxylation is 1. The largest absolute Gasteiger partial charge is 0.464 e. The Hall–Kier alpha value is -1.25. The SMILES string of the molecule is Cc1ccc(CN(C=O)C(C)C)o1. The summed E-state index contributed by atoms with van der Waals surface area (Å²) in [6.07, 6.45) is 0.850. The summed E-state index contributed by atoms with van der Waals surface area (Å²) in [5.74, 6) is 1.71. The van der Waals surface area contributed by atoms with Gasteiger partial charge in [-0.1, -0.05) is 0 Å². The molecule has 1 amide bonds. The van der Waals surface area contributed by atoms with Crippen molar-refractivity contribution in [3.8, 4) is 0 Å². The highest BCUT2D eigenvalue weighted by atomic mass is 16.3. The second kappa shape index (κ2) is 4.12. The number of carbonyl (C=O) groups is 1. The van der Waals surface area contributed by atoms with Crippen LogP contribution in [-0.4, -0.2) is 17.4 Å². The summed E-state index contributed by atoms with van der Waals surface area (Å²) in [5, 5.41) is 0. The molecule has 0 aliphatic rings. The fraction of sp³-hybridized carbons (Fsp3) is 0.500. The number of nitrogens with zero attached hydrogens (tertiary/aromatic N) is 1. The Balaban J connectivity index is 2.61. The predicted octanol–water partition coefficient (Wildman–Crippen LogP) is 1.95. The van der Waals surface area contributed by atoms with Crippen LogP contribution in [0.5, 0.6) is 0 Å². The maximum Gasteiger partial charge on any atom is 0.210 e. The average Bonchev–Trinajstić information content (AvgIpc) is 2.46. The molecule has 3 nitrogen and oxygen atoms in total. The van der Waals surface area contributed by atoms with Gasteiger partial charge in [0.25, 0.3) is 0 Å². The van der Waals surface area contributed by atoms with Crippen molar-refractivity contribution in [2.75, 3.05) is 0 Å². The van der Waals surface area contributed by atoms with Crippen molar-refractivity contribution in [3.63, 3.8) is 0 Å². The molecule has 0 atom stereocenters. The molecule has 0 saturated carbocycles. The summed E-state index contributed by atoms with van der Waals surface area (Å²) in [5.41, 5.74) is 0. The lowest BCUT2D eigenvalue weighted by Crippen LogP contribution is -2.28. The lowest BCUT2D eigenvalue weighted by atomic mass is 10.3. The van der Waals surface area contributed by atoms with Crippen LogP contribution in [0.25, 0.3) is 0 Å². The van der Waals surface area contributed by atoms with Crippen molar-refractivity contribution >= 4 is 6.41 Å². The Bertz CT molecular complexity index is 278. The van der Waals surface area contributed by atoms with E-state index in [4.69, 9.17) is 4.42 Å². The highest BCUT2D eigenvalue weighted by molar-refractivity contribution is 5.47. The van der Waals surface area contributed by atoms with E-state index in [9.17, 15) is 4.79 Å². The van der Waals surface area contributed by atoms with E-state index >= 15 is 0 Å². The Kier molecular flexibility index (Phi) is 3.12. The quantitative estimate of drug-likeness (QED) is 0.665. The Labute approximate surface area is 78.3 Å². The van der Waals surface area contributed by atoms with Gasteiger partial charge in [0, 0.05) is 6.04 Å². The Morgan fingerprint density at radius 1 is 1.54 bits per heavy atom. The Morgan fingerprint density at radius 3 is 2.62 bits per heavy atom. The number of furan rings is 1. The second-order valence-electron chi connectivity index (χ2n) is 3.38. The molecule has 0 bridgehead atoms. The fourth-order valence-electron chi connectivity index (χ4n) is 1.09. The summed E-state index contributed by atoms with van der Waals surface area (Å²) in [6, 6.07) is 4.01. The molecular weight excluding hydrogens is 166 g/mol. The number of rotatable bonds is 4. The molecule has 1 heterocycles. The van der Waals surface area contributed by atoms with Crippen LogP contribution in [0.3, 0.4) is 0 Å². The van der Waals surface area contributed by atoms with Gasteiger partial charge in [0.15, 0.2) is 0 Å². The summed E-state index contributed by atoms with van der Waals surface area (Å²) in [6.45, 7) is 6.40. The van der Waals surface area contributed by atoms with Crippen LogP contribution in [0, 0.1) is 6.92 Å². The number of amides is 1. The second-order valence-corrected chi connectivity index (χ2v) is 3.38. The minimum atomic E-state index is 0.211. The molecule has 0 aliphatic heterocycles. The van der Waals surface area contributed by atoms with Gasteiger partial charge in [-0.25, -0.2) is 0 Å². The van der Waals surface area contributed by atoms with Crippen LogP contribution in [0.15, 0.2) is 16.5 Å². The first-order valence-electron chi connectivity index (χ1n) is 4.40. The van der Waals surface area contributed by atoms with Crippen LogP contribution in [-0.2, 0) is 11.3 Å². The molecule has 0 aromatic carbocycles. The van der Waals surface area contributed by atoms with Crippen LogP contribution >= 0.6 is 0 Å². The van der Waals surface area contributed by atoms with Crippen LogP contribution < -0.4 is 0 Å². The molecule has 1 aromatic heterocycles. The van der Waals surface area contributed by atoms with Gasteiger partial charge < -0.3 is 9.32 Å². The van der Waals surface area contributed by atoms with E-state index in [0.717, 1.165) is 17.9 Å². The van der Waals surface area contributed by atoms with Crippen LogP contribution in [0.2, 0.25) is 0 Å². The van der Waals surface area contributed by atoms with E-state index in [1.807, 2.05) is 32.9 Å². The molecule has 0 spiro atoms. The standard InChI is InChI=1S/C10H15NO2/c1-8(2)11(7-12)6-10-5-4-9(3)13-10/h4-5,7-8H,6H2,1-3H3. The monoisotopic (exact) mass is 181 g/mol. The molecule has 0 fully saturated rings. The van der Waals surface area contributed by atoms with Crippen molar-refractivity contribution in [1.82, 2.24) is 4.90 Å². The van der Waals surface area contributed by atoms with Crippen LogP contribution in [0.4, 0.5) is 0 Å². The third-order valence-corrected chi connectivity index (χ3v) is 1.93. The first-order chi connectivity index (χ1) is 6.13. The van der Waals surface area contributed by atoms with E-state index in [0.29, 0.717) is 6.54 Å². The lowest BCUT2D eigenvalue weighted by Gasteiger charge is -2.19. The molecule has 0 radical (unpaired) electrons. The zero-order chi connectivity index (χ0) is 9.84. The molecule has 0 aliphatic carbocycles. The highest BCUT2D eigenvalue weighted by Gasteiger charge is 2.08. The number of carbonyl (C=O) groups excluding carboxylic acids is 1. The minimum absolute atomic E-state index is 0.211. The van der Waals surface area contributed by atoms with Gasteiger partial charge in [-0.3, -0.25) is 4.79 Å². The van der Waals surface area contributed by atoms with E-state index < -0.39 is 0 Å². The molecule has 1 aromatic rings. The summed E-state index contributed by atoms with van der Waals surface area (Å²) < 4.78 is 5.37. The van der Waals surface area contributed by atoms with Crippen molar-refractivity contribution in [2.24, 2.45) is 0 Å². The topological polar surface area (TPSA) is 33.5 Å². The van der Waals surface area contributed by atoms with Gasteiger partial charge in [-0.2, -0.15) is 0 Å². The Morgan fingerprint density at radius 2 is 2.23 bits per heavy atom. The summed E-state index contributed by atoms with van der Waals surface area (Å²) >= 11 is 0. The summed E-state index contributed by atoms with van der Waals surface area (Å²) in [7, 11) is 0. The van der Waals surface area contributed by atoms with E-state index in [-0.39, 0.29) is 6.04 Å². The first-order valence-corrected chi connectivity index (χ1v) is 4.40.